The number of amides is 1. The van der Waals surface area contributed by atoms with E-state index in [0.29, 0.717) is 18.0 Å². The maximum atomic E-state index is 12.6. The fraction of sp³-hybridized carbons (Fsp3) is 0.389. The van der Waals surface area contributed by atoms with E-state index in [1.165, 1.54) is 0 Å². The Bertz CT molecular complexity index is 862. The highest BCUT2D eigenvalue weighted by Crippen LogP contribution is 2.39. The maximum Gasteiger partial charge on any atom is 0.308 e. The van der Waals surface area contributed by atoms with Gasteiger partial charge in [-0.3, -0.25) is 14.3 Å². The molecule has 8 heteroatoms. The predicted molar refractivity (Wildman–Crippen MR) is 90.0 cm³/mol. The molecular weight excluding hydrogens is 338 g/mol. The number of aromatic nitrogens is 2. The van der Waals surface area contributed by atoms with Gasteiger partial charge in [0.2, 0.25) is 12.7 Å². The number of nitrogens with zero attached hydrogens (tertiary/aromatic N) is 3. The fourth-order valence-corrected chi connectivity index (χ4v) is 3.53. The van der Waals surface area contributed by atoms with Gasteiger partial charge in [0.15, 0.2) is 11.5 Å². The van der Waals surface area contributed by atoms with Gasteiger partial charge in [-0.2, -0.15) is 5.10 Å². The highest BCUT2D eigenvalue weighted by Gasteiger charge is 2.41. The molecule has 0 bridgehead atoms. The van der Waals surface area contributed by atoms with Crippen LogP contribution in [-0.2, 0) is 16.1 Å². The second kappa shape index (κ2) is 6.36. The monoisotopic (exact) mass is 357 g/mol. The van der Waals surface area contributed by atoms with E-state index < -0.39 is 11.9 Å². The number of likely N-dealkylation sites (tertiary alicyclic amines) is 1. The number of aryl methyl sites for hydroxylation is 1. The van der Waals surface area contributed by atoms with Crippen molar-refractivity contribution >= 4 is 11.9 Å². The van der Waals surface area contributed by atoms with Crippen LogP contribution in [0.3, 0.4) is 0 Å². The van der Waals surface area contributed by atoms with Gasteiger partial charge in [0.25, 0.3) is 0 Å². The van der Waals surface area contributed by atoms with Crippen molar-refractivity contribution in [1.82, 2.24) is 14.7 Å². The number of carbonyl (C=O) groups excluding carboxylic acids is 1. The second-order valence-corrected chi connectivity index (χ2v) is 6.59. The van der Waals surface area contributed by atoms with Crippen LogP contribution in [0.15, 0.2) is 30.5 Å². The zero-order chi connectivity index (χ0) is 18.3. The number of rotatable bonds is 4. The van der Waals surface area contributed by atoms with Crippen molar-refractivity contribution in [2.24, 2.45) is 5.92 Å². The van der Waals surface area contributed by atoms with Crippen LogP contribution in [-0.4, -0.2) is 51.5 Å². The lowest BCUT2D eigenvalue weighted by atomic mass is 9.89. The Morgan fingerprint density at radius 3 is 2.77 bits per heavy atom. The molecule has 1 saturated heterocycles. The Morgan fingerprint density at radius 2 is 2.04 bits per heavy atom. The van der Waals surface area contributed by atoms with E-state index in [4.69, 9.17) is 9.47 Å². The summed E-state index contributed by atoms with van der Waals surface area (Å²) < 4.78 is 12.3. The SMILES string of the molecule is Cc1ccnn1CC(=O)N1C[C@@H](C(=O)O)[C@H](c2ccc3c(c2)OCO3)C1. The highest BCUT2D eigenvalue weighted by atomic mass is 16.7. The summed E-state index contributed by atoms with van der Waals surface area (Å²) >= 11 is 0. The average Bonchev–Trinajstić information content (AvgIpc) is 3.33. The minimum atomic E-state index is -0.904. The van der Waals surface area contributed by atoms with Crippen LogP contribution in [0.4, 0.5) is 0 Å². The molecule has 2 aliphatic heterocycles. The van der Waals surface area contributed by atoms with Crippen molar-refractivity contribution in [2.75, 3.05) is 19.9 Å². The maximum absolute atomic E-state index is 12.6. The van der Waals surface area contributed by atoms with Gasteiger partial charge in [-0.1, -0.05) is 6.07 Å². The number of hydrogen-bond donors (Lipinski definition) is 1. The molecule has 26 heavy (non-hydrogen) atoms. The number of carboxylic acids is 1. The van der Waals surface area contributed by atoms with E-state index >= 15 is 0 Å². The molecule has 1 fully saturated rings. The van der Waals surface area contributed by atoms with Crippen molar-refractivity contribution in [3.8, 4) is 11.5 Å². The van der Waals surface area contributed by atoms with Crippen LogP contribution in [0.2, 0.25) is 0 Å². The molecule has 0 saturated carbocycles. The van der Waals surface area contributed by atoms with E-state index in [0.717, 1.165) is 11.3 Å². The number of carbonyl (C=O) groups is 2. The molecule has 4 rings (SSSR count). The van der Waals surface area contributed by atoms with Crippen LogP contribution in [0.5, 0.6) is 11.5 Å². The number of ether oxygens (including phenoxy) is 2. The van der Waals surface area contributed by atoms with Gasteiger partial charge in [-0.25, -0.2) is 0 Å². The number of hydrogen-bond acceptors (Lipinski definition) is 5. The summed E-state index contributed by atoms with van der Waals surface area (Å²) in [4.78, 5) is 26.0. The van der Waals surface area contributed by atoms with Gasteiger partial charge in [0.05, 0.1) is 5.92 Å². The molecule has 8 nitrogen and oxygen atoms in total. The van der Waals surface area contributed by atoms with E-state index in [1.807, 2.05) is 25.1 Å². The van der Waals surface area contributed by atoms with Crippen LogP contribution in [0, 0.1) is 12.8 Å². The number of carboxylic acid groups (broad SMARTS) is 1. The Kier molecular flexibility index (Phi) is 4.02. The average molecular weight is 357 g/mol. The zero-order valence-corrected chi connectivity index (χ0v) is 14.3. The standard InChI is InChI=1S/C18H19N3O5/c1-11-4-5-19-21(11)9-17(22)20-7-13(14(8-20)18(23)24)12-2-3-15-16(6-12)26-10-25-15/h2-6,13-14H,7-10H2,1H3,(H,23,24)/t13-,14+/m0/s1. The molecule has 1 aromatic heterocycles. The Hall–Kier alpha value is -3.03. The van der Waals surface area contributed by atoms with Crippen LogP contribution < -0.4 is 9.47 Å². The molecule has 2 aliphatic rings. The van der Waals surface area contributed by atoms with Gasteiger partial charge in [-0.05, 0) is 30.7 Å². The van der Waals surface area contributed by atoms with E-state index in [2.05, 4.69) is 5.10 Å². The minimum absolute atomic E-state index is 0.110. The Labute approximate surface area is 149 Å². The summed E-state index contributed by atoms with van der Waals surface area (Å²) in [6.07, 6.45) is 1.64. The third-order valence-corrected chi connectivity index (χ3v) is 5.03. The van der Waals surface area contributed by atoms with Gasteiger partial charge < -0.3 is 19.5 Å². The van der Waals surface area contributed by atoms with Gasteiger partial charge >= 0.3 is 5.97 Å². The van der Waals surface area contributed by atoms with Crippen LogP contribution in [0.1, 0.15) is 17.2 Å². The molecule has 0 aliphatic carbocycles. The largest absolute Gasteiger partial charge is 0.481 e. The lowest BCUT2D eigenvalue weighted by Crippen LogP contribution is -2.33. The number of benzene rings is 1. The van der Waals surface area contributed by atoms with Gasteiger partial charge in [0.1, 0.15) is 6.54 Å². The zero-order valence-electron chi connectivity index (χ0n) is 14.3. The molecule has 0 spiro atoms. The van der Waals surface area contributed by atoms with Crippen LogP contribution >= 0.6 is 0 Å². The predicted octanol–water partition coefficient (Wildman–Crippen LogP) is 1.25. The first kappa shape index (κ1) is 16.4. The lowest BCUT2D eigenvalue weighted by Gasteiger charge is -2.17. The highest BCUT2D eigenvalue weighted by molar-refractivity contribution is 5.79. The molecule has 136 valence electrons. The molecule has 2 aromatic rings. The first-order valence-corrected chi connectivity index (χ1v) is 8.41. The molecule has 1 N–H and O–H groups in total. The summed E-state index contributed by atoms with van der Waals surface area (Å²) in [5.41, 5.74) is 1.73. The topological polar surface area (TPSA) is 93.9 Å². The third-order valence-electron chi connectivity index (χ3n) is 5.03. The summed E-state index contributed by atoms with van der Waals surface area (Å²) in [5, 5.41) is 13.7. The molecule has 1 amide bonds. The van der Waals surface area contributed by atoms with Crippen molar-refractivity contribution in [3.63, 3.8) is 0 Å². The van der Waals surface area contributed by atoms with Crippen molar-refractivity contribution < 1.29 is 24.2 Å². The molecule has 2 atom stereocenters. The molecular formula is C18H19N3O5. The third kappa shape index (κ3) is 2.87. The summed E-state index contributed by atoms with van der Waals surface area (Å²) in [6.45, 7) is 2.70. The molecule has 3 heterocycles. The van der Waals surface area contributed by atoms with Crippen molar-refractivity contribution in [1.29, 1.82) is 0 Å². The summed E-state index contributed by atoms with van der Waals surface area (Å²) in [7, 11) is 0. The first-order valence-electron chi connectivity index (χ1n) is 8.41. The van der Waals surface area contributed by atoms with Gasteiger partial charge in [-0.15, -0.1) is 0 Å². The second-order valence-electron chi connectivity index (χ2n) is 6.59. The molecule has 1 aromatic carbocycles. The minimum Gasteiger partial charge on any atom is -0.481 e. The normalized spacial score (nSPS) is 21.2. The van der Waals surface area contributed by atoms with E-state index in [-0.39, 0.29) is 31.7 Å². The summed E-state index contributed by atoms with van der Waals surface area (Å²) in [6, 6.07) is 7.27. The smallest absolute Gasteiger partial charge is 0.308 e. The summed E-state index contributed by atoms with van der Waals surface area (Å²) in [5.74, 6) is -0.712. The van der Waals surface area contributed by atoms with Gasteiger partial charge in [0, 0.05) is 30.9 Å². The van der Waals surface area contributed by atoms with Crippen LogP contribution in [0.25, 0.3) is 0 Å². The Morgan fingerprint density at radius 1 is 1.23 bits per heavy atom. The number of fused-ring (bicyclic) bond motifs is 1. The Balaban J connectivity index is 1.54. The quantitative estimate of drug-likeness (QED) is 0.885. The molecule has 0 radical (unpaired) electrons. The van der Waals surface area contributed by atoms with Crippen molar-refractivity contribution in [3.05, 3.63) is 41.7 Å². The van der Waals surface area contributed by atoms with E-state index in [1.54, 1.807) is 21.8 Å². The fourth-order valence-electron chi connectivity index (χ4n) is 3.53. The lowest BCUT2D eigenvalue weighted by molar-refractivity contribution is -0.141. The molecule has 0 unspecified atom stereocenters. The van der Waals surface area contributed by atoms with Crippen molar-refractivity contribution in [2.45, 2.75) is 19.4 Å². The number of aliphatic carboxylic acids is 1. The first-order chi connectivity index (χ1) is 12.5. The van der Waals surface area contributed by atoms with E-state index in [9.17, 15) is 14.7 Å².